The van der Waals surface area contributed by atoms with Crippen molar-refractivity contribution in [2.45, 2.75) is 43.1 Å². The van der Waals surface area contributed by atoms with E-state index in [4.69, 9.17) is 9.26 Å². The highest BCUT2D eigenvalue weighted by atomic mass is 32.2. The molecular formula is C11H16N2O3S. The molecule has 0 amide bonds. The number of methoxy groups -OCH3 is 1. The number of nitrogens with zero attached hydrogens (tertiary/aromatic N) is 2. The van der Waals surface area contributed by atoms with Crippen LogP contribution in [-0.4, -0.2) is 28.5 Å². The van der Waals surface area contributed by atoms with E-state index in [1.54, 1.807) is 11.8 Å². The van der Waals surface area contributed by atoms with Gasteiger partial charge in [-0.15, -0.1) is 0 Å². The standard InChI is InChI=1S/C11H16N2O3S/c1-7(2)17-6-8-12-9(16-13-8)11(4-5-11)10(14)15-3/h7H,4-6H2,1-3H3. The summed E-state index contributed by atoms with van der Waals surface area (Å²) in [6.07, 6.45) is 1.47. The van der Waals surface area contributed by atoms with Gasteiger partial charge in [0.2, 0.25) is 5.89 Å². The monoisotopic (exact) mass is 256 g/mol. The summed E-state index contributed by atoms with van der Waals surface area (Å²) in [7, 11) is 1.38. The van der Waals surface area contributed by atoms with E-state index in [0.29, 0.717) is 22.7 Å². The van der Waals surface area contributed by atoms with Gasteiger partial charge in [-0.25, -0.2) is 0 Å². The zero-order chi connectivity index (χ0) is 12.5. The molecule has 1 aliphatic rings. The predicted molar refractivity (Wildman–Crippen MR) is 63.7 cm³/mol. The van der Waals surface area contributed by atoms with Crippen molar-refractivity contribution in [2.24, 2.45) is 0 Å². The van der Waals surface area contributed by atoms with Crippen LogP contribution in [0.2, 0.25) is 0 Å². The van der Waals surface area contributed by atoms with Gasteiger partial charge in [0, 0.05) is 0 Å². The van der Waals surface area contributed by atoms with Crippen molar-refractivity contribution >= 4 is 17.7 Å². The molecular weight excluding hydrogens is 240 g/mol. The molecule has 94 valence electrons. The van der Waals surface area contributed by atoms with Crippen LogP contribution in [0.4, 0.5) is 0 Å². The van der Waals surface area contributed by atoms with Gasteiger partial charge in [0.1, 0.15) is 5.41 Å². The Morgan fingerprint density at radius 2 is 2.29 bits per heavy atom. The van der Waals surface area contributed by atoms with E-state index >= 15 is 0 Å². The van der Waals surface area contributed by atoms with Crippen LogP contribution in [0.3, 0.4) is 0 Å². The van der Waals surface area contributed by atoms with Crippen LogP contribution < -0.4 is 0 Å². The number of hydrogen-bond donors (Lipinski definition) is 0. The van der Waals surface area contributed by atoms with Gasteiger partial charge in [0.05, 0.1) is 12.9 Å². The van der Waals surface area contributed by atoms with Crippen LogP contribution >= 0.6 is 11.8 Å². The second kappa shape index (κ2) is 4.68. The maximum atomic E-state index is 11.6. The molecule has 1 aliphatic carbocycles. The summed E-state index contributed by atoms with van der Waals surface area (Å²) in [6, 6.07) is 0. The highest BCUT2D eigenvalue weighted by Crippen LogP contribution is 2.48. The fraction of sp³-hybridized carbons (Fsp3) is 0.727. The maximum Gasteiger partial charge on any atom is 0.321 e. The number of hydrogen-bond acceptors (Lipinski definition) is 6. The number of carbonyl (C=O) groups excluding carboxylic acids is 1. The van der Waals surface area contributed by atoms with Crippen molar-refractivity contribution in [2.75, 3.05) is 7.11 Å². The third-order valence-electron chi connectivity index (χ3n) is 2.75. The Balaban J connectivity index is 2.06. The number of carbonyl (C=O) groups is 1. The number of ether oxygens (including phenoxy) is 1. The topological polar surface area (TPSA) is 65.2 Å². The molecule has 6 heteroatoms. The minimum atomic E-state index is -0.650. The molecule has 2 rings (SSSR count). The molecule has 1 saturated carbocycles. The van der Waals surface area contributed by atoms with E-state index in [1.807, 2.05) is 0 Å². The lowest BCUT2D eigenvalue weighted by Crippen LogP contribution is -2.22. The summed E-state index contributed by atoms with van der Waals surface area (Å²) in [5, 5.41) is 4.42. The number of thioether (sulfide) groups is 1. The fourth-order valence-electron chi connectivity index (χ4n) is 1.57. The number of esters is 1. The minimum Gasteiger partial charge on any atom is -0.468 e. The molecule has 0 aromatic carbocycles. The van der Waals surface area contributed by atoms with Crippen LogP contribution in [0.5, 0.6) is 0 Å². The van der Waals surface area contributed by atoms with Crippen molar-refractivity contribution in [3.05, 3.63) is 11.7 Å². The molecule has 0 unspecified atom stereocenters. The Bertz CT molecular complexity index is 413. The average Bonchev–Trinajstić information content (AvgIpc) is 2.98. The second-order valence-electron chi connectivity index (χ2n) is 4.45. The van der Waals surface area contributed by atoms with E-state index in [9.17, 15) is 4.79 Å². The van der Waals surface area contributed by atoms with Crippen molar-refractivity contribution < 1.29 is 14.1 Å². The Kier molecular flexibility index (Phi) is 3.42. The summed E-state index contributed by atoms with van der Waals surface area (Å²) in [4.78, 5) is 15.9. The average molecular weight is 256 g/mol. The molecule has 1 aromatic rings. The van der Waals surface area contributed by atoms with Gasteiger partial charge < -0.3 is 9.26 Å². The molecule has 0 N–H and O–H groups in total. The quantitative estimate of drug-likeness (QED) is 0.750. The zero-order valence-corrected chi connectivity index (χ0v) is 11.0. The molecule has 0 saturated heterocycles. The lowest BCUT2D eigenvalue weighted by atomic mass is 10.1. The fourth-order valence-corrected chi connectivity index (χ4v) is 2.17. The Labute approximate surface area is 104 Å². The van der Waals surface area contributed by atoms with Gasteiger partial charge in [-0.2, -0.15) is 16.7 Å². The van der Waals surface area contributed by atoms with Gasteiger partial charge >= 0.3 is 5.97 Å². The van der Waals surface area contributed by atoms with E-state index in [1.165, 1.54) is 7.11 Å². The summed E-state index contributed by atoms with van der Waals surface area (Å²) in [5.74, 6) is 1.49. The Morgan fingerprint density at radius 1 is 1.59 bits per heavy atom. The van der Waals surface area contributed by atoms with Gasteiger partial charge in [0.15, 0.2) is 5.82 Å². The van der Waals surface area contributed by atoms with E-state index in [2.05, 4.69) is 24.0 Å². The number of rotatable bonds is 5. The van der Waals surface area contributed by atoms with E-state index in [-0.39, 0.29) is 5.97 Å². The Morgan fingerprint density at radius 3 is 2.82 bits per heavy atom. The summed E-state index contributed by atoms with van der Waals surface area (Å²) in [6.45, 7) is 4.23. The first-order valence-electron chi connectivity index (χ1n) is 5.61. The molecule has 17 heavy (non-hydrogen) atoms. The van der Waals surface area contributed by atoms with Crippen molar-refractivity contribution in [3.63, 3.8) is 0 Å². The number of aromatic nitrogens is 2. The lowest BCUT2D eigenvalue weighted by Gasteiger charge is -2.05. The molecule has 0 spiro atoms. The van der Waals surface area contributed by atoms with Gasteiger partial charge in [0.25, 0.3) is 0 Å². The summed E-state index contributed by atoms with van der Waals surface area (Å²) >= 11 is 1.74. The first kappa shape index (κ1) is 12.4. The van der Waals surface area contributed by atoms with Gasteiger partial charge in [-0.3, -0.25) is 4.79 Å². The van der Waals surface area contributed by atoms with Crippen molar-refractivity contribution in [3.8, 4) is 0 Å². The smallest absolute Gasteiger partial charge is 0.321 e. The molecule has 0 aliphatic heterocycles. The van der Waals surface area contributed by atoms with Crippen molar-refractivity contribution in [1.82, 2.24) is 10.1 Å². The van der Waals surface area contributed by atoms with Crippen LogP contribution in [-0.2, 0) is 20.7 Å². The SMILES string of the molecule is COC(=O)C1(c2nc(CSC(C)C)no2)CC1. The predicted octanol–water partition coefficient (Wildman–Crippen LogP) is 1.92. The normalized spacial score (nSPS) is 17.2. The molecule has 0 bridgehead atoms. The van der Waals surface area contributed by atoms with Crippen molar-refractivity contribution in [1.29, 1.82) is 0 Å². The third kappa shape index (κ3) is 2.46. The molecule has 0 atom stereocenters. The van der Waals surface area contributed by atoms with E-state index in [0.717, 1.165) is 12.8 Å². The van der Waals surface area contributed by atoms with Crippen LogP contribution in [0.15, 0.2) is 4.52 Å². The second-order valence-corrected chi connectivity index (χ2v) is 6.01. The molecule has 1 aromatic heterocycles. The molecule has 0 radical (unpaired) electrons. The Hall–Kier alpha value is -1.04. The van der Waals surface area contributed by atoms with Crippen LogP contribution in [0.25, 0.3) is 0 Å². The molecule has 1 heterocycles. The minimum absolute atomic E-state index is 0.274. The van der Waals surface area contributed by atoms with E-state index < -0.39 is 5.41 Å². The first-order chi connectivity index (χ1) is 8.08. The lowest BCUT2D eigenvalue weighted by molar-refractivity contribution is -0.144. The summed E-state index contributed by atoms with van der Waals surface area (Å²) in [5.41, 5.74) is -0.650. The zero-order valence-electron chi connectivity index (χ0n) is 10.2. The van der Waals surface area contributed by atoms with Crippen LogP contribution in [0.1, 0.15) is 38.4 Å². The molecule has 5 nitrogen and oxygen atoms in total. The summed E-state index contributed by atoms with van der Waals surface area (Å²) < 4.78 is 9.94. The largest absolute Gasteiger partial charge is 0.468 e. The van der Waals surface area contributed by atoms with Gasteiger partial charge in [-0.1, -0.05) is 19.0 Å². The van der Waals surface area contributed by atoms with Crippen LogP contribution in [0, 0.1) is 0 Å². The maximum absolute atomic E-state index is 11.6. The first-order valence-corrected chi connectivity index (χ1v) is 6.66. The third-order valence-corrected chi connectivity index (χ3v) is 3.84. The highest BCUT2D eigenvalue weighted by molar-refractivity contribution is 7.99. The van der Waals surface area contributed by atoms with Gasteiger partial charge in [-0.05, 0) is 18.1 Å². The highest BCUT2D eigenvalue weighted by Gasteiger charge is 2.57. The molecule has 1 fully saturated rings.